The van der Waals surface area contributed by atoms with Crippen LogP contribution in [0.2, 0.25) is 0 Å². The maximum absolute atomic E-state index is 11.7. The van der Waals surface area contributed by atoms with Crippen molar-refractivity contribution in [1.82, 2.24) is 5.32 Å². The average Bonchev–Trinajstić information content (AvgIpc) is 3.07. The number of alkyl carbamates (subject to hydrolysis) is 1. The Hall–Kier alpha value is -1.37. The second-order valence-corrected chi connectivity index (χ2v) is 7.81. The van der Waals surface area contributed by atoms with E-state index in [1.54, 1.807) is 29.8 Å². The quantitative estimate of drug-likeness (QED) is 0.868. The van der Waals surface area contributed by atoms with Crippen LogP contribution in [0.1, 0.15) is 42.2 Å². The second kappa shape index (κ2) is 7.26. The van der Waals surface area contributed by atoms with Crippen LogP contribution >= 0.6 is 22.7 Å². The summed E-state index contributed by atoms with van der Waals surface area (Å²) in [6.45, 7) is 6.00. The van der Waals surface area contributed by atoms with E-state index < -0.39 is 11.7 Å². The van der Waals surface area contributed by atoms with Crippen LogP contribution in [0, 0.1) is 0 Å². The fraction of sp³-hybridized carbons (Fsp3) is 0.438. The Morgan fingerprint density at radius 2 is 2.14 bits per heavy atom. The molecule has 22 heavy (non-hydrogen) atoms. The number of carbonyl (C=O) groups is 1. The van der Waals surface area contributed by atoms with Gasteiger partial charge < -0.3 is 14.8 Å². The molecule has 0 spiro atoms. The number of thiophene rings is 2. The Labute approximate surface area is 139 Å². The molecule has 1 amide bonds. The van der Waals surface area contributed by atoms with Gasteiger partial charge in [0, 0.05) is 16.9 Å². The van der Waals surface area contributed by atoms with E-state index in [4.69, 9.17) is 9.47 Å². The van der Waals surface area contributed by atoms with Crippen LogP contribution in [-0.4, -0.2) is 18.8 Å². The minimum absolute atomic E-state index is 0.0495. The van der Waals surface area contributed by atoms with E-state index in [1.807, 2.05) is 32.2 Å². The molecule has 0 radical (unpaired) electrons. The van der Waals surface area contributed by atoms with Crippen molar-refractivity contribution >= 4 is 28.8 Å². The summed E-state index contributed by atoms with van der Waals surface area (Å²) in [5, 5.41) is 6.88. The highest BCUT2D eigenvalue weighted by atomic mass is 32.1. The van der Waals surface area contributed by atoms with Crippen molar-refractivity contribution in [3.05, 3.63) is 44.3 Å². The zero-order valence-electron chi connectivity index (χ0n) is 13.2. The van der Waals surface area contributed by atoms with Gasteiger partial charge in [-0.25, -0.2) is 4.79 Å². The maximum atomic E-state index is 11.7. The van der Waals surface area contributed by atoms with Gasteiger partial charge in [-0.05, 0) is 49.2 Å². The third kappa shape index (κ3) is 4.83. The Morgan fingerprint density at radius 1 is 1.36 bits per heavy atom. The molecular weight excluding hydrogens is 318 g/mol. The van der Waals surface area contributed by atoms with E-state index in [9.17, 15) is 4.79 Å². The molecule has 0 aliphatic carbocycles. The molecule has 0 saturated carbocycles. The molecule has 0 aromatic carbocycles. The molecule has 120 valence electrons. The monoisotopic (exact) mass is 339 g/mol. The van der Waals surface area contributed by atoms with Gasteiger partial charge >= 0.3 is 6.09 Å². The first-order valence-electron chi connectivity index (χ1n) is 6.99. The number of nitrogens with one attached hydrogen (secondary N) is 1. The van der Waals surface area contributed by atoms with Crippen molar-refractivity contribution in [3.8, 4) is 0 Å². The number of hydrogen-bond donors (Lipinski definition) is 1. The molecule has 1 N–H and O–H groups in total. The molecule has 2 aromatic heterocycles. The molecule has 0 saturated heterocycles. The second-order valence-electron chi connectivity index (χ2n) is 5.83. The summed E-state index contributed by atoms with van der Waals surface area (Å²) in [7, 11) is 1.71. The summed E-state index contributed by atoms with van der Waals surface area (Å²) in [5.41, 5.74) is 0.626. The topological polar surface area (TPSA) is 47.6 Å². The summed E-state index contributed by atoms with van der Waals surface area (Å²) in [4.78, 5) is 13.9. The summed E-state index contributed by atoms with van der Waals surface area (Å²) in [6.07, 6.45) is -0.449. The Morgan fingerprint density at radius 3 is 2.73 bits per heavy atom. The predicted molar refractivity (Wildman–Crippen MR) is 90.6 cm³/mol. The molecule has 1 unspecified atom stereocenters. The third-order valence-electron chi connectivity index (χ3n) is 2.82. The maximum Gasteiger partial charge on any atom is 0.407 e. The van der Waals surface area contributed by atoms with E-state index in [0.717, 1.165) is 10.4 Å². The first kappa shape index (κ1) is 17.0. The lowest BCUT2D eigenvalue weighted by Crippen LogP contribution is -2.31. The SMILES string of the molecule is COC(c1csc(CNC(=O)OC(C)(C)C)c1)c1cccs1. The first-order chi connectivity index (χ1) is 10.4. The van der Waals surface area contributed by atoms with Crippen LogP contribution in [0.5, 0.6) is 0 Å². The van der Waals surface area contributed by atoms with Gasteiger partial charge in [0.05, 0.1) is 6.54 Å². The van der Waals surface area contributed by atoms with Gasteiger partial charge in [-0.3, -0.25) is 0 Å². The highest BCUT2D eigenvalue weighted by Gasteiger charge is 2.18. The molecule has 2 heterocycles. The van der Waals surface area contributed by atoms with Crippen LogP contribution in [0.25, 0.3) is 0 Å². The normalized spacial score (nSPS) is 12.9. The predicted octanol–water partition coefficient (Wildman–Crippen LogP) is 4.57. The molecule has 0 fully saturated rings. The Kier molecular flexibility index (Phi) is 5.61. The van der Waals surface area contributed by atoms with Crippen molar-refractivity contribution in [2.45, 2.75) is 39.0 Å². The van der Waals surface area contributed by atoms with Crippen LogP contribution < -0.4 is 5.32 Å². The van der Waals surface area contributed by atoms with Crippen LogP contribution in [0.15, 0.2) is 29.0 Å². The number of hydrogen-bond acceptors (Lipinski definition) is 5. The molecule has 1 atom stereocenters. The number of carbonyl (C=O) groups excluding carboxylic acids is 1. The molecule has 6 heteroatoms. The van der Waals surface area contributed by atoms with E-state index in [0.29, 0.717) is 6.54 Å². The fourth-order valence-corrected chi connectivity index (χ4v) is 3.62. The van der Waals surface area contributed by atoms with Gasteiger partial charge in [-0.2, -0.15) is 0 Å². The Bertz CT molecular complexity index is 599. The minimum Gasteiger partial charge on any atom is -0.444 e. The molecule has 0 bridgehead atoms. The molecule has 2 aromatic rings. The van der Waals surface area contributed by atoms with Gasteiger partial charge in [0.25, 0.3) is 0 Å². The number of methoxy groups -OCH3 is 1. The van der Waals surface area contributed by atoms with Gasteiger partial charge in [0.1, 0.15) is 11.7 Å². The van der Waals surface area contributed by atoms with Crippen molar-refractivity contribution in [1.29, 1.82) is 0 Å². The number of rotatable bonds is 5. The van der Waals surface area contributed by atoms with Crippen LogP contribution in [0.3, 0.4) is 0 Å². The number of amides is 1. The van der Waals surface area contributed by atoms with E-state index in [1.165, 1.54) is 4.88 Å². The lowest BCUT2D eigenvalue weighted by atomic mass is 10.1. The highest BCUT2D eigenvalue weighted by Crippen LogP contribution is 2.31. The van der Waals surface area contributed by atoms with Crippen molar-refractivity contribution < 1.29 is 14.3 Å². The largest absolute Gasteiger partial charge is 0.444 e. The molecule has 2 rings (SSSR count). The van der Waals surface area contributed by atoms with E-state index >= 15 is 0 Å². The van der Waals surface area contributed by atoms with Gasteiger partial charge in [-0.15, -0.1) is 22.7 Å². The third-order valence-corrected chi connectivity index (χ3v) is 4.69. The summed E-state index contributed by atoms with van der Waals surface area (Å²) < 4.78 is 10.8. The lowest BCUT2D eigenvalue weighted by Gasteiger charge is -2.19. The lowest BCUT2D eigenvalue weighted by molar-refractivity contribution is 0.0524. The summed E-state index contributed by atoms with van der Waals surface area (Å²) in [5.74, 6) is 0. The molecule has 0 aliphatic rings. The van der Waals surface area contributed by atoms with Gasteiger partial charge in [-0.1, -0.05) is 6.07 Å². The number of ether oxygens (including phenoxy) is 2. The summed E-state index contributed by atoms with van der Waals surface area (Å²) >= 11 is 3.28. The Balaban J connectivity index is 1.95. The van der Waals surface area contributed by atoms with E-state index in [2.05, 4.69) is 22.8 Å². The zero-order valence-corrected chi connectivity index (χ0v) is 14.8. The highest BCUT2D eigenvalue weighted by molar-refractivity contribution is 7.10. The standard InChI is InChI=1S/C16H21NO3S2/c1-16(2,3)20-15(18)17-9-12-8-11(10-22-12)14(19-4)13-6-5-7-21-13/h5-8,10,14H,9H2,1-4H3,(H,17,18). The van der Waals surface area contributed by atoms with Crippen LogP contribution in [0.4, 0.5) is 4.79 Å². The molecule has 4 nitrogen and oxygen atoms in total. The van der Waals surface area contributed by atoms with Gasteiger partial charge in [0.2, 0.25) is 0 Å². The fourth-order valence-electron chi connectivity index (χ4n) is 1.96. The summed E-state index contributed by atoms with van der Waals surface area (Å²) in [6, 6.07) is 6.15. The molecule has 0 aliphatic heterocycles. The van der Waals surface area contributed by atoms with Crippen molar-refractivity contribution in [2.24, 2.45) is 0 Å². The van der Waals surface area contributed by atoms with Crippen molar-refractivity contribution in [2.75, 3.05) is 7.11 Å². The average molecular weight is 339 g/mol. The van der Waals surface area contributed by atoms with Crippen molar-refractivity contribution in [3.63, 3.8) is 0 Å². The minimum atomic E-state index is -0.481. The van der Waals surface area contributed by atoms with E-state index in [-0.39, 0.29) is 6.10 Å². The smallest absolute Gasteiger partial charge is 0.407 e. The molecular formula is C16H21NO3S2. The first-order valence-corrected chi connectivity index (χ1v) is 8.75. The van der Waals surface area contributed by atoms with Crippen LogP contribution in [-0.2, 0) is 16.0 Å². The zero-order chi connectivity index (χ0) is 16.2. The van der Waals surface area contributed by atoms with Gasteiger partial charge in [0.15, 0.2) is 0 Å².